The number of carbonyl (C=O) groups is 1. The van der Waals surface area contributed by atoms with E-state index in [0.29, 0.717) is 5.56 Å². The molecule has 0 aliphatic rings. The standard InChI is InChI=1S/C17H23N3O2/c1-6-20-12(5)14(9-18-20)17(22)19-15-8-13(10(2)3)16(21)7-11(15)4/h7-10,21H,6H2,1-5H3,(H,19,22). The highest BCUT2D eigenvalue weighted by molar-refractivity contribution is 6.05. The first-order valence-corrected chi connectivity index (χ1v) is 7.52. The molecule has 5 heteroatoms. The van der Waals surface area contributed by atoms with Gasteiger partial charge in [-0.25, -0.2) is 0 Å². The first-order chi connectivity index (χ1) is 10.3. The summed E-state index contributed by atoms with van der Waals surface area (Å²) in [5.74, 6) is 0.266. The van der Waals surface area contributed by atoms with E-state index in [2.05, 4.69) is 10.4 Å². The highest BCUT2D eigenvalue weighted by Crippen LogP contribution is 2.31. The lowest BCUT2D eigenvalue weighted by Gasteiger charge is -2.14. The van der Waals surface area contributed by atoms with Crippen LogP contribution in [0.5, 0.6) is 5.75 Å². The summed E-state index contributed by atoms with van der Waals surface area (Å²) in [4.78, 5) is 12.5. The normalized spacial score (nSPS) is 11.0. The molecule has 0 aliphatic heterocycles. The Balaban J connectivity index is 2.32. The van der Waals surface area contributed by atoms with E-state index in [1.165, 1.54) is 0 Å². The summed E-state index contributed by atoms with van der Waals surface area (Å²) in [6.45, 7) is 10.5. The predicted octanol–water partition coefficient (Wildman–Crippen LogP) is 3.60. The predicted molar refractivity (Wildman–Crippen MR) is 87.5 cm³/mol. The number of rotatable bonds is 4. The van der Waals surface area contributed by atoms with Crippen LogP contribution in [0.25, 0.3) is 0 Å². The highest BCUT2D eigenvalue weighted by atomic mass is 16.3. The Kier molecular flexibility index (Phi) is 4.54. The van der Waals surface area contributed by atoms with Gasteiger partial charge in [0.15, 0.2) is 0 Å². The van der Waals surface area contributed by atoms with Crippen molar-refractivity contribution in [2.45, 2.75) is 47.1 Å². The minimum atomic E-state index is -0.180. The first-order valence-electron chi connectivity index (χ1n) is 7.52. The molecule has 0 aliphatic carbocycles. The molecule has 1 aromatic heterocycles. The Morgan fingerprint density at radius 2 is 2.05 bits per heavy atom. The van der Waals surface area contributed by atoms with Crippen LogP contribution >= 0.6 is 0 Å². The van der Waals surface area contributed by atoms with Crippen LogP contribution in [0, 0.1) is 13.8 Å². The molecular weight excluding hydrogens is 278 g/mol. The lowest BCUT2D eigenvalue weighted by atomic mass is 9.99. The number of benzene rings is 1. The molecule has 1 aromatic carbocycles. The average Bonchev–Trinajstić information content (AvgIpc) is 2.82. The zero-order chi connectivity index (χ0) is 16.4. The van der Waals surface area contributed by atoms with E-state index in [0.717, 1.165) is 29.1 Å². The van der Waals surface area contributed by atoms with E-state index in [1.807, 2.05) is 40.7 Å². The summed E-state index contributed by atoms with van der Waals surface area (Å²) in [6, 6.07) is 3.53. The van der Waals surface area contributed by atoms with Crippen LogP contribution in [-0.4, -0.2) is 20.8 Å². The third-order valence-electron chi connectivity index (χ3n) is 3.89. The van der Waals surface area contributed by atoms with Crippen molar-refractivity contribution in [2.24, 2.45) is 0 Å². The van der Waals surface area contributed by atoms with Crippen molar-refractivity contribution in [3.8, 4) is 5.75 Å². The Labute approximate surface area is 131 Å². The first kappa shape index (κ1) is 16.1. The third kappa shape index (κ3) is 2.98. The molecule has 0 saturated carbocycles. The molecule has 0 spiro atoms. The number of aryl methyl sites for hydroxylation is 2. The maximum Gasteiger partial charge on any atom is 0.259 e. The van der Waals surface area contributed by atoms with Gasteiger partial charge in [0, 0.05) is 17.9 Å². The van der Waals surface area contributed by atoms with Crippen LogP contribution in [0.4, 0.5) is 5.69 Å². The molecule has 0 saturated heterocycles. The number of hydrogen-bond donors (Lipinski definition) is 2. The molecule has 0 radical (unpaired) electrons. The van der Waals surface area contributed by atoms with Gasteiger partial charge in [-0.3, -0.25) is 9.48 Å². The minimum Gasteiger partial charge on any atom is -0.508 e. The zero-order valence-electron chi connectivity index (χ0n) is 13.8. The molecule has 0 atom stereocenters. The van der Waals surface area contributed by atoms with Crippen LogP contribution in [0.2, 0.25) is 0 Å². The van der Waals surface area contributed by atoms with Gasteiger partial charge in [0.1, 0.15) is 5.75 Å². The van der Waals surface area contributed by atoms with Crippen molar-refractivity contribution >= 4 is 11.6 Å². The molecule has 22 heavy (non-hydrogen) atoms. The Hall–Kier alpha value is -2.30. The summed E-state index contributed by atoms with van der Waals surface area (Å²) >= 11 is 0. The van der Waals surface area contributed by atoms with Gasteiger partial charge < -0.3 is 10.4 Å². The van der Waals surface area contributed by atoms with E-state index < -0.39 is 0 Å². The fourth-order valence-corrected chi connectivity index (χ4v) is 2.48. The molecule has 1 heterocycles. The number of phenolic OH excluding ortho intramolecular Hbond substituents is 1. The van der Waals surface area contributed by atoms with Gasteiger partial charge in [-0.2, -0.15) is 5.10 Å². The fraction of sp³-hybridized carbons (Fsp3) is 0.412. The third-order valence-corrected chi connectivity index (χ3v) is 3.89. The van der Waals surface area contributed by atoms with Crippen molar-refractivity contribution in [2.75, 3.05) is 5.32 Å². The number of nitrogens with zero attached hydrogens (tertiary/aromatic N) is 2. The summed E-state index contributed by atoms with van der Waals surface area (Å²) in [5.41, 5.74) is 3.79. The van der Waals surface area contributed by atoms with E-state index >= 15 is 0 Å². The molecular formula is C17H23N3O2. The maximum absolute atomic E-state index is 12.5. The van der Waals surface area contributed by atoms with Gasteiger partial charge in [-0.1, -0.05) is 13.8 Å². The number of nitrogens with one attached hydrogen (secondary N) is 1. The second-order valence-corrected chi connectivity index (χ2v) is 5.79. The number of aromatic nitrogens is 2. The average molecular weight is 301 g/mol. The molecule has 1 amide bonds. The topological polar surface area (TPSA) is 67.2 Å². The van der Waals surface area contributed by atoms with Crippen molar-refractivity contribution in [1.82, 2.24) is 9.78 Å². The fourth-order valence-electron chi connectivity index (χ4n) is 2.48. The molecule has 2 N–H and O–H groups in total. The molecule has 0 unspecified atom stereocenters. The van der Waals surface area contributed by atoms with Crippen molar-refractivity contribution in [3.63, 3.8) is 0 Å². The maximum atomic E-state index is 12.5. The lowest BCUT2D eigenvalue weighted by molar-refractivity contribution is 0.102. The van der Waals surface area contributed by atoms with Gasteiger partial charge in [0.2, 0.25) is 0 Å². The summed E-state index contributed by atoms with van der Waals surface area (Å²) in [7, 11) is 0. The van der Waals surface area contributed by atoms with Gasteiger partial charge >= 0.3 is 0 Å². The summed E-state index contributed by atoms with van der Waals surface area (Å²) in [5, 5.41) is 17.1. The van der Waals surface area contributed by atoms with Gasteiger partial charge in [-0.15, -0.1) is 0 Å². The van der Waals surface area contributed by atoms with Gasteiger partial charge in [0.05, 0.1) is 11.8 Å². The van der Waals surface area contributed by atoms with Gasteiger partial charge in [-0.05, 0) is 49.9 Å². The van der Waals surface area contributed by atoms with Crippen molar-refractivity contribution in [1.29, 1.82) is 0 Å². The van der Waals surface area contributed by atoms with Crippen LogP contribution in [0.15, 0.2) is 18.3 Å². The number of amides is 1. The van der Waals surface area contributed by atoms with Crippen molar-refractivity contribution in [3.05, 3.63) is 40.7 Å². The Bertz CT molecular complexity index is 702. The molecule has 0 fully saturated rings. The number of hydrogen-bond acceptors (Lipinski definition) is 3. The summed E-state index contributed by atoms with van der Waals surface area (Å²) < 4.78 is 1.79. The van der Waals surface area contributed by atoms with E-state index in [4.69, 9.17) is 0 Å². The van der Waals surface area contributed by atoms with E-state index in [9.17, 15) is 9.90 Å². The van der Waals surface area contributed by atoms with Crippen LogP contribution in [0.1, 0.15) is 53.9 Å². The largest absolute Gasteiger partial charge is 0.508 e. The van der Waals surface area contributed by atoms with Crippen LogP contribution < -0.4 is 5.32 Å². The second kappa shape index (κ2) is 6.22. The molecule has 118 valence electrons. The van der Waals surface area contributed by atoms with Crippen LogP contribution in [0.3, 0.4) is 0 Å². The number of anilines is 1. The molecule has 0 bridgehead atoms. The monoisotopic (exact) mass is 301 g/mol. The number of phenols is 1. The quantitative estimate of drug-likeness (QED) is 0.848. The minimum absolute atomic E-state index is 0.180. The van der Waals surface area contributed by atoms with Crippen LogP contribution in [-0.2, 0) is 6.54 Å². The highest BCUT2D eigenvalue weighted by Gasteiger charge is 2.16. The SMILES string of the molecule is CCn1ncc(C(=O)Nc2cc(C(C)C)c(O)cc2C)c1C. The number of carbonyl (C=O) groups excluding carboxylic acids is 1. The van der Waals surface area contributed by atoms with E-state index in [-0.39, 0.29) is 17.6 Å². The second-order valence-electron chi connectivity index (χ2n) is 5.79. The van der Waals surface area contributed by atoms with Gasteiger partial charge in [0.25, 0.3) is 5.91 Å². The Morgan fingerprint density at radius 3 is 2.59 bits per heavy atom. The smallest absolute Gasteiger partial charge is 0.259 e. The molecule has 5 nitrogen and oxygen atoms in total. The van der Waals surface area contributed by atoms with Crippen molar-refractivity contribution < 1.29 is 9.90 Å². The zero-order valence-corrected chi connectivity index (χ0v) is 13.8. The lowest BCUT2D eigenvalue weighted by Crippen LogP contribution is -2.14. The Morgan fingerprint density at radius 1 is 1.36 bits per heavy atom. The summed E-state index contributed by atoms with van der Waals surface area (Å²) in [6.07, 6.45) is 1.59. The molecule has 2 aromatic rings. The van der Waals surface area contributed by atoms with E-state index in [1.54, 1.807) is 16.9 Å². The molecule has 2 rings (SSSR count). The number of aromatic hydroxyl groups is 1.